The molecule has 0 fully saturated rings. The molecule has 37 heavy (non-hydrogen) atoms. The van der Waals surface area contributed by atoms with E-state index in [0.29, 0.717) is 5.57 Å². The molecule has 11 heteroatoms. The highest BCUT2D eigenvalue weighted by molar-refractivity contribution is 5.88. The fourth-order valence-electron chi connectivity index (χ4n) is 1.64. The van der Waals surface area contributed by atoms with Crippen LogP contribution in [0.25, 0.3) is 0 Å². The van der Waals surface area contributed by atoms with Gasteiger partial charge in [-0.3, -0.25) is 0 Å². The molecular weight excluding hydrogens is 503 g/mol. The highest BCUT2D eigenvalue weighted by Gasteiger charge is 2.15. The van der Waals surface area contributed by atoms with Crippen molar-refractivity contribution < 1.29 is 50.5 Å². The van der Waals surface area contributed by atoms with Gasteiger partial charge in [-0.2, -0.15) is 22.0 Å². The lowest BCUT2D eigenvalue weighted by atomic mass is 10.1. The molecule has 0 N–H and O–H groups in total. The molecule has 0 aliphatic heterocycles. The highest BCUT2D eigenvalue weighted by atomic mass is 19.3. The zero-order valence-corrected chi connectivity index (χ0v) is 23.7. The second kappa shape index (κ2) is 24.7. The number of ether oxygens (including phenoxy) is 3. The summed E-state index contributed by atoms with van der Waals surface area (Å²) in [6.07, 6.45) is 0.716. The molecule has 0 aromatic rings. The molecule has 6 nitrogen and oxygen atoms in total. The average Bonchev–Trinajstić information content (AvgIpc) is 2.86. The minimum absolute atomic E-state index is 0.241. The van der Waals surface area contributed by atoms with Gasteiger partial charge in [-0.05, 0) is 61.3 Å². The summed E-state index contributed by atoms with van der Waals surface area (Å²) < 4.78 is 68.7. The van der Waals surface area contributed by atoms with Crippen LogP contribution in [0.15, 0.2) is 45.9 Å². The Kier molecular flexibility index (Phi) is 27.5. The molecule has 0 aromatic heterocycles. The normalized spacial score (nSPS) is 8.76. The maximum atomic E-state index is 11.6. The smallest absolute Gasteiger partial charge is 0.372 e. The summed E-state index contributed by atoms with van der Waals surface area (Å²) in [7, 11) is 3.24. The molecule has 0 rings (SSSR count). The molecular formula is C26H41F5O6. The second-order valence-electron chi connectivity index (χ2n) is 7.80. The van der Waals surface area contributed by atoms with E-state index in [9.17, 15) is 36.3 Å². The van der Waals surface area contributed by atoms with Crippen molar-refractivity contribution >= 4 is 17.9 Å². The first-order valence-corrected chi connectivity index (χ1v) is 11.2. The van der Waals surface area contributed by atoms with Crippen molar-refractivity contribution in [3.05, 3.63) is 45.9 Å². The lowest BCUT2D eigenvalue weighted by Gasteiger charge is -2.01. The number of methoxy groups -OCH3 is 3. The molecule has 0 saturated carbocycles. The Morgan fingerprint density at radius 2 is 0.973 bits per heavy atom. The van der Waals surface area contributed by atoms with E-state index >= 15 is 0 Å². The van der Waals surface area contributed by atoms with Crippen LogP contribution in [0.2, 0.25) is 0 Å². The van der Waals surface area contributed by atoms with Crippen LogP contribution in [-0.4, -0.2) is 39.2 Å². The van der Waals surface area contributed by atoms with Crippen LogP contribution < -0.4 is 0 Å². The standard InChI is InChI=1S/C10H20.C7H12O2.C5H6F2O2.C4H3F3O2/c1-5-6-7-8-10(4)9(2)3;1-5(2)6(3)7(8)9-4;1-3(4(6)7)5(8)9-2;1-9-4(8)2(5)3(6)7/h5-8H2,1-4H3;1-4H3;1-2H3;1H3. The summed E-state index contributed by atoms with van der Waals surface area (Å²) in [5, 5.41) is 0. The number of carbonyl (C=O) groups is 3. The molecule has 216 valence electrons. The van der Waals surface area contributed by atoms with Crippen LogP contribution in [0.5, 0.6) is 0 Å². The summed E-state index contributed by atoms with van der Waals surface area (Å²) in [5.41, 5.74) is 4.13. The Balaban J connectivity index is -0.000000196. The van der Waals surface area contributed by atoms with Gasteiger partial charge in [0.25, 0.3) is 11.9 Å². The molecule has 0 atom stereocenters. The van der Waals surface area contributed by atoms with Gasteiger partial charge in [-0.1, -0.05) is 36.5 Å². The fraction of sp³-hybridized carbons (Fsp3) is 0.577. The fourth-order valence-corrected chi connectivity index (χ4v) is 1.64. The van der Waals surface area contributed by atoms with E-state index in [0.717, 1.165) is 26.7 Å². The van der Waals surface area contributed by atoms with Gasteiger partial charge >= 0.3 is 24.0 Å². The van der Waals surface area contributed by atoms with Gasteiger partial charge in [0.15, 0.2) is 0 Å². The highest BCUT2D eigenvalue weighted by Crippen LogP contribution is 2.12. The summed E-state index contributed by atoms with van der Waals surface area (Å²) in [6, 6.07) is 0. The quantitative estimate of drug-likeness (QED) is 0.0807. The van der Waals surface area contributed by atoms with Crippen LogP contribution in [0, 0.1) is 0 Å². The Morgan fingerprint density at radius 1 is 0.568 bits per heavy atom. The lowest BCUT2D eigenvalue weighted by Crippen LogP contribution is -2.02. The number of hydrogen-bond donors (Lipinski definition) is 0. The van der Waals surface area contributed by atoms with Crippen molar-refractivity contribution in [3.8, 4) is 0 Å². The van der Waals surface area contributed by atoms with Crippen molar-refractivity contribution in [2.45, 2.75) is 81.1 Å². The van der Waals surface area contributed by atoms with Gasteiger partial charge in [0.2, 0.25) is 0 Å². The van der Waals surface area contributed by atoms with Crippen molar-refractivity contribution in [1.29, 1.82) is 0 Å². The molecule has 0 unspecified atom stereocenters. The van der Waals surface area contributed by atoms with Gasteiger partial charge < -0.3 is 14.2 Å². The molecule has 0 radical (unpaired) electrons. The van der Waals surface area contributed by atoms with E-state index < -0.39 is 35.5 Å². The van der Waals surface area contributed by atoms with Crippen LogP contribution in [-0.2, 0) is 28.6 Å². The largest absolute Gasteiger partial charge is 0.466 e. The molecule has 0 aliphatic carbocycles. The molecule has 0 amide bonds. The number of carbonyl (C=O) groups excluding carboxylic acids is 3. The van der Waals surface area contributed by atoms with Gasteiger partial charge in [-0.15, -0.1) is 0 Å². The number of esters is 3. The summed E-state index contributed by atoms with van der Waals surface area (Å²) in [5.74, 6) is -5.03. The van der Waals surface area contributed by atoms with Gasteiger partial charge in [0.05, 0.1) is 26.9 Å². The maximum absolute atomic E-state index is 11.6. The van der Waals surface area contributed by atoms with Crippen molar-refractivity contribution in [2.24, 2.45) is 0 Å². The SMILES string of the molecule is CCCCCC(C)=C(C)C.COC(=O)C(C)=C(C)C.COC(=O)C(C)=C(F)F.COC(=O)C(F)=C(F)F. The molecule has 0 aromatic carbocycles. The summed E-state index contributed by atoms with van der Waals surface area (Å²) in [4.78, 5) is 30.7. The predicted molar refractivity (Wildman–Crippen MR) is 134 cm³/mol. The Bertz CT molecular complexity index is 741. The van der Waals surface area contributed by atoms with Crippen molar-refractivity contribution in [1.82, 2.24) is 0 Å². The first kappa shape index (κ1) is 41.2. The van der Waals surface area contributed by atoms with Crippen LogP contribution in [0.4, 0.5) is 22.0 Å². The topological polar surface area (TPSA) is 78.9 Å². The molecule has 0 aliphatic rings. The van der Waals surface area contributed by atoms with Crippen molar-refractivity contribution in [2.75, 3.05) is 21.3 Å². The third-order valence-electron chi connectivity index (χ3n) is 4.56. The molecule has 0 heterocycles. The van der Waals surface area contributed by atoms with Crippen LogP contribution in [0.1, 0.15) is 81.1 Å². The number of unbranched alkanes of at least 4 members (excludes halogenated alkanes) is 2. The van der Waals surface area contributed by atoms with Crippen molar-refractivity contribution in [3.63, 3.8) is 0 Å². The molecule has 0 spiro atoms. The van der Waals surface area contributed by atoms with Gasteiger partial charge in [-0.25, -0.2) is 14.4 Å². The summed E-state index contributed by atoms with van der Waals surface area (Å²) in [6.45, 7) is 15.4. The Morgan fingerprint density at radius 3 is 1.16 bits per heavy atom. The van der Waals surface area contributed by atoms with Gasteiger partial charge in [0.1, 0.15) is 0 Å². The Hall–Kier alpha value is -2.98. The summed E-state index contributed by atoms with van der Waals surface area (Å²) >= 11 is 0. The zero-order chi connectivity index (χ0) is 30.3. The first-order chi connectivity index (χ1) is 17.0. The average molecular weight is 545 g/mol. The number of allylic oxidation sites excluding steroid dienone is 3. The molecule has 0 saturated heterocycles. The van der Waals surface area contributed by atoms with E-state index in [4.69, 9.17) is 0 Å². The monoisotopic (exact) mass is 544 g/mol. The predicted octanol–water partition coefficient (Wildman–Crippen LogP) is 8.01. The third kappa shape index (κ3) is 24.5. The van der Waals surface area contributed by atoms with E-state index in [2.05, 4.69) is 41.9 Å². The molecule has 0 bridgehead atoms. The number of hydrogen-bond acceptors (Lipinski definition) is 6. The minimum Gasteiger partial charge on any atom is -0.466 e. The zero-order valence-electron chi connectivity index (χ0n) is 23.7. The van der Waals surface area contributed by atoms with Crippen LogP contribution in [0.3, 0.4) is 0 Å². The minimum atomic E-state index is -2.66. The number of rotatable bonds is 7. The van der Waals surface area contributed by atoms with Crippen LogP contribution >= 0.6 is 0 Å². The van der Waals surface area contributed by atoms with E-state index in [1.54, 1.807) is 12.5 Å². The number of halogens is 5. The van der Waals surface area contributed by atoms with E-state index in [-0.39, 0.29) is 5.97 Å². The first-order valence-electron chi connectivity index (χ1n) is 11.2. The maximum Gasteiger partial charge on any atom is 0.372 e. The lowest BCUT2D eigenvalue weighted by molar-refractivity contribution is -0.138. The third-order valence-corrected chi connectivity index (χ3v) is 4.56. The van der Waals surface area contributed by atoms with E-state index in [1.165, 1.54) is 38.4 Å². The van der Waals surface area contributed by atoms with E-state index in [1.807, 2.05) is 13.8 Å². The van der Waals surface area contributed by atoms with Gasteiger partial charge in [0, 0.05) is 5.57 Å². The second-order valence-corrected chi connectivity index (χ2v) is 7.80. The Labute approximate surface area is 217 Å².